The number of nitrogens with zero attached hydrogens (tertiary/aromatic N) is 3. The van der Waals surface area contributed by atoms with Gasteiger partial charge in [-0.2, -0.15) is 0 Å². The van der Waals surface area contributed by atoms with Crippen LogP contribution in [0, 0.1) is 0 Å². The van der Waals surface area contributed by atoms with E-state index in [1.807, 2.05) is 0 Å². The molecule has 73 heavy (non-hydrogen) atoms. The van der Waals surface area contributed by atoms with Crippen LogP contribution in [0.2, 0.25) is 0 Å². The predicted molar refractivity (Wildman–Crippen MR) is 308 cm³/mol. The number of hydrogen-bond acceptors (Lipinski definition) is 3. The van der Waals surface area contributed by atoms with E-state index in [1.54, 1.807) is 0 Å². The van der Waals surface area contributed by atoms with Gasteiger partial charge in [0.05, 0.1) is 11.0 Å². The minimum Gasteiger partial charge on any atom is -0.456 e. The number of para-hydroxylation sites is 4. The summed E-state index contributed by atoms with van der Waals surface area (Å²) in [5, 5.41) is 4.78. The molecule has 10 aromatic carbocycles. The van der Waals surface area contributed by atoms with Crippen LogP contribution in [-0.4, -0.2) is 11.4 Å². The van der Waals surface area contributed by atoms with Gasteiger partial charge in [-0.25, -0.2) is 0 Å². The zero-order valence-electron chi connectivity index (χ0n) is 41.4. The van der Waals surface area contributed by atoms with Gasteiger partial charge in [-0.1, -0.05) is 155 Å². The molecule has 4 nitrogen and oxygen atoms in total. The van der Waals surface area contributed by atoms with E-state index in [1.165, 1.54) is 114 Å². The average Bonchev–Trinajstić information content (AvgIpc) is 4.06. The molecule has 0 bridgehead atoms. The van der Waals surface area contributed by atoms with E-state index in [0.29, 0.717) is 0 Å². The number of benzene rings is 10. The molecule has 2 aromatic heterocycles. The van der Waals surface area contributed by atoms with Crippen molar-refractivity contribution in [2.24, 2.45) is 0 Å². The fourth-order valence-electron chi connectivity index (χ4n) is 13.2. The smallest absolute Gasteiger partial charge is 0.333 e. The molecule has 1 aliphatic carbocycles. The lowest BCUT2D eigenvalue weighted by molar-refractivity contribution is 0.661. The van der Waals surface area contributed by atoms with E-state index in [-0.39, 0.29) is 12.3 Å². The molecule has 0 N–H and O–H groups in total. The van der Waals surface area contributed by atoms with Crippen LogP contribution in [0.15, 0.2) is 217 Å². The highest BCUT2D eigenvalue weighted by Crippen LogP contribution is 2.53. The molecule has 5 heteroatoms. The topological polar surface area (TPSA) is 24.6 Å². The Hall–Kier alpha value is -8.54. The Morgan fingerprint density at radius 3 is 2.01 bits per heavy atom. The minimum absolute atomic E-state index is 0.135. The molecule has 0 saturated heterocycles. The Balaban J connectivity index is 1.07. The third kappa shape index (κ3) is 6.15. The summed E-state index contributed by atoms with van der Waals surface area (Å²) in [6, 6.07) is 79.5. The van der Waals surface area contributed by atoms with Gasteiger partial charge in [0, 0.05) is 66.6 Å². The Morgan fingerprint density at radius 2 is 1.22 bits per heavy atom. The van der Waals surface area contributed by atoms with E-state index in [4.69, 9.17) is 4.42 Å². The predicted octanol–water partition coefficient (Wildman–Crippen LogP) is 17.1. The van der Waals surface area contributed by atoms with Crippen LogP contribution in [-0.2, 0) is 11.8 Å². The Kier molecular flexibility index (Phi) is 9.23. The third-order valence-electron chi connectivity index (χ3n) is 16.6. The van der Waals surface area contributed by atoms with Crippen molar-refractivity contribution in [3.8, 4) is 39.1 Å². The van der Waals surface area contributed by atoms with Crippen LogP contribution in [0.5, 0.6) is 0 Å². The van der Waals surface area contributed by atoms with Crippen molar-refractivity contribution in [2.45, 2.75) is 51.9 Å². The third-order valence-corrected chi connectivity index (χ3v) is 16.6. The van der Waals surface area contributed by atoms with Crippen LogP contribution >= 0.6 is 0 Å². The second-order valence-electron chi connectivity index (χ2n) is 21.0. The number of anilines is 5. The largest absolute Gasteiger partial charge is 0.456 e. The molecular weight excluding hydrogens is 886 g/mol. The lowest BCUT2D eigenvalue weighted by atomic mass is 9.43. The number of unbranched alkanes of at least 4 members (excludes halogenated alkanes) is 2. The molecule has 4 heterocycles. The molecule has 2 aliphatic heterocycles. The lowest BCUT2D eigenvalue weighted by Crippen LogP contribution is -2.60. The van der Waals surface area contributed by atoms with Crippen LogP contribution in [0.4, 0.5) is 28.4 Å². The van der Waals surface area contributed by atoms with Crippen molar-refractivity contribution in [1.82, 2.24) is 4.57 Å². The molecule has 0 amide bonds. The van der Waals surface area contributed by atoms with Gasteiger partial charge in [-0.3, -0.25) is 0 Å². The summed E-state index contributed by atoms with van der Waals surface area (Å²) in [6.45, 7) is 6.98. The molecular formula is C68H52BN3O. The number of rotatable bonds is 9. The van der Waals surface area contributed by atoms with Crippen molar-refractivity contribution in [3.05, 3.63) is 229 Å². The van der Waals surface area contributed by atoms with Crippen LogP contribution in [0.25, 0.3) is 82.8 Å². The molecule has 3 aliphatic rings. The van der Waals surface area contributed by atoms with Gasteiger partial charge in [0.1, 0.15) is 11.2 Å². The molecule has 0 fully saturated rings. The van der Waals surface area contributed by atoms with Gasteiger partial charge in [0.25, 0.3) is 0 Å². The standard InChI is InChI=1S/C68H52BN3O/c1-4-5-8-19-43-30-33-47(34-31-43)72-61-37-35-48(70(45-20-9-6-10-21-45)46-22-11-7-12-23-46)39-55(61)56-40-53(44-32-36-51-50-25-15-18-29-63(50)73-64(51)38-44)65-52-26-14-17-28-60(52)71-62-41-54-49-24-13-16-27-57(49)68(2,3)58(54)42-59(62)69(72)66(56)67(65)71/h6-7,9-18,20-42H,4-5,8,19H2,1-3H3. The SMILES string of the molecule is CCCCCc1ccc(N2B3c4cc5c(cc4-n4c6ccccc6c6c(-c7ccc8c(c7)oc7ccccc78)cc(c3c64)-c3cc(N(c4ccccc4)c4ccccc4)ccc32)-c2ccccc2C5(C)C)cc1. The normalized spacial score (nSPS) is 13.7. The van der Waals surface area contributed by atoms with E-state index in [0.717, 1.165) is 51.0 Å². The first-order chi connectivity index (χ1) is 35.9. The van der Waals surface area contributed by atoms with Crippen LogP contribution in [0.1, 0.15) is 56.7 Å². The monoisotopic (exact) mass is 937 g/mol. The summed E-state index contributed by atoms with van der Waals surface area (Å²) in [6.07, 6.45) is 4.74. The number of fused-ring (bicyclic) bond motifs is 14. The van der Waals surface area contributed by atoms with Gasteiger partial charge >= 0.3 is 6.85 Å². The Labute approximate surface area is 426 Å². The fraction of sp³-hybridized carbons (Fsp3) is 0.118. The number of hydrogen-bond donors (Lipinski definition) is 0. The van der Waals surface area contributed by atoms with Gasteiger partial charge in [-0.05, 0) is 159 Å². The van der Waals surface area contributed by atoms with Crippen LogP contribution in [0.3, 0.4) is 0 Å². The molecule has 12 aromatic rings. The summed E-state index contributed by atoms with van der Waals surface area (Å²) in [5.41, 5.74) is 25.3. The first-order valence-electron chi connectivity index (χ1n) is 26.2. The van der Waals surface area contributed by atoms with Gasteiger partial charge in [0.15, 0.2) is 0 Å². The number of aromatic nitrogens is 1. The molecule has 0 spiro atoms. The van der Waals surface area contributed by atoms with Gasteiger partial charge in [0.2, 0.25) is 0 Å². The van der Waals surface area contributed by atoms with Crippen molar-refractivity contribution < 1.29 is 4.42 Å². The van der Waals surface area contributed by atoms with Crippen molar-refractivity contribution in [2.75, 3.05) is 9.71 Å². The van der Waals surface area contributed by atoms with Crippen LogP contribution < -0.4 is 20.6 Å². The Bertz CT molecular complexity index is 4170. The minimum atomic E-state index is -0.178. The molecule has 15 rings (SSSR count). The Morgan fingerprint density at radius 1 is 0.507 bits per heavy atom. The maximum Gasteiger partial charge on any atom is 0.333 e. The maximum absolute atomic E-state index is 6.66. The lowest BCUT2D eigenvalue weighted by Gasteiger charge is -2.43. The van der Waals surface area contributed by atoms with E-state index < -0.39 is 0 Å². The quantitative estimate of drug-likeness (QED) is 0.106. The summed E-state index contributed by atoms with van der Waals surface area (Å²) in [4.78, 5) is 5.09. The zero-order chi connectivity index (χ0) is 48.5. The second-order valence-corrected chi connectivity index (χ2v) is 21.0. The fourth-order valence-corrected chi connectivity index (χ4v) is 13.2. The van der Waals surface area contributed by atoms with E-state index in [2.05, 4.69) is 247 Å². The molecule has 348 valence electrons. The summed E-state index contributed by atoms with van der Waals surface area (Å²) in [5.74, 6) is 0. The second kappa shape index (κ2) is 16.0. The summed E-state index contributed by atoms with van der Waals surface area (Å²) in [7, 11) is 0. The maximum atomic E-state index is 6.66. The molecule has 0 radical (unpaired) electrons. The first-order valence-corrected chi connectivity index (χ1v) is 26.2. The van der Waals surface area contributed by atoms with Gasteiger partial charge in [-0.15, -0.1) is 0 Å². The van der Waals surface area contributed by atoms with Crippen molar-refractivity contribution in [3.63, 3.8) is 0 Å². The summed E-state index contributed by atoms with van der Waals surface area (Å²) < 4.78 is 9.29. The number of furan rings is 1. The summed E-state index contributed by atoms with van der Waals surface area (Å²) >= 11 is 0. The number of aryl methyl sites for hydroxylation is 1. The van der Waals surface area contributed by atoms with E-state index >= 15 is 0 Å². The highest BCUT2D eigenvalue weighted by Gasteiger charge is 2.47. The molecule has 0 saturated carbocycles. The van der Waals surface area contributed by atoms with Crippen molar-refractivity contribution >= 4 is 90.0 Å². The van der Waals surface area contributed by atoms with E-state index in [9.17, 15) is 0 Å². The van der Waals surface area contributed by atoms with Gasteiger partial charge < -0.3 is 18.7 Å². The highest BCUT2D eigenvalue weighted by atomic mass is 16.3. The highest BCUT2D eigenvalue weighted by molar-refractivity contribution is 6.93. The van der Waals surface area contributed by atoms with Crippen molar-refractivity contribution in [1.29, 1.82) is 0 Å². The molecule has 0 unspecified atom stereocenters. The average molecular weight is 938 g/mol. The molecule has 0 atom stereocenters. The first kappa shape index (κ1) is 42.2. The zero-order valence-corrected chi connectivity index (χ0v) is 41.4.